The van der Waals surface area contributed by atoms with Crippen LogP contribution < -0.4 is 10.2 Å². The quantitative estimate of drug-likeness (QED) is 0.854. The molecule has 3 aliphatic rings. The molecule has 0 bridgehead atoms. The molecule has 0 saturated carbocycles. The highest BCUT2D eigenvalue weighted by molar-refractivity contribution is 5.79. The molecule has 4 rings (SSSR count). The van der Waals surface area contributed by atoms with E-state index in [1.807, 2.05) is 4.90 Å². The Morgan fingerprint density at radius 3 is 2.56 bits per heavy atom. The van der Waals surface area contributed by atoms with Crippen LogP contribution in [-0.4, -0.2) is 54.6 Å². The van der Waals surface area contributed by atoms with E-state index in [2.05, 4.69) is 15.2 Å². The first-order valence-corrected chi connectivity index (χ1v) is 9.73. The van der Waals surface area contributed by atoms with Gasteiger partial charge in [0.2, 0.25) is 5.91 Å². The van der Waals surface area contributed by atoms with E-state index < -0.39 is 11.7 Å². The van der Waals surface area contributed by atoms with Crippen LogP contribution in [-0.2, 0) is 11.0 Å². The van der Waals surface area contributed by atoms with Gasteiger partial charge in [-0.2, -0.15) is 13.2 Å². The number of carbonyl (C=O) groups is 1. The number of fused-ring (bicyclic) bond motifs is 1. The van der Waals surface area contributed by atoms with E-state index in [0.29, 0.717) is 30.9 Å². The highest BCUT2D eigenvalue weighted by Crippen LogP contribution is 2.32. The topological polar surface area (TPSA) is 48.5 Å². The molecule has 5 nitrogen and oxygen atoms in total. The summed E-state index contributed by atoms with van der Waals surface area (Å²) in [7, 11) is 0. The van der Waals surface area contributed by atoms with Gasteiger partial charge in [-0.25, -0.2) is 4.98 Å². The second-order valence-corrected chi connectivity index (χ2v) is 7.82. The van der Waals surface area contributed by atoms with Gasteiger partial charge in [0, 0.05) is 50.9 Å². The summed E-state index contributed by atoms with van der Waals surface area (Å²) < 4.78 is 38.0. The number of anilines is 1. The maximum absolute atomic E-state index is 13.0. The predicted molar refractivity (Wildman–Crippen MR) is 95.3 cm³/mol. The molecule has 1 amide bonds. The van der Waals surface area contributed by atoms with Crippen molar-refractivity contribution in [2.45, 2.75) is 37.9 Å². The molecular weight excluding hydrogens is 357 g/mol. The molecule has 148 valence electrons. The number of hydrogen-bond acceptors (Lipinski definition) is 4. The number of alkyl halides is 3. The lowest BCUT2D eigenvalue weighted by atomic mass is 9.88. The zero-order chi connectivity index (χ0) is 19.0. The first kappa shape index (κ1) is 18.5. The fourth-order valence-electron chi connectivity index (χ4n) is 4.67. The predicted octanol–water partition coefficient (Wildman–Crippen LogP) is 2.53. The molecule has 1 aromatic heterocycles. The summed E-state index contributed by atoms with van der Waals surface area (Å²) in [6.45, 7) is 4.05. The number of carbonyl (C=O) groups excluding carboxylic acids is 1. The molecule has 4 heterocycles. The lowest BCUT2D eigenvalue weighted by Crippen LogP contribution is -2.52. The third kappa shape index (κ3) is 3.77. The maximum atomic E-state index is 13.0. The number of pyridine rings is 1. The van der Waals surface area contributed by atoms with E-state index in [-0.39, 0.29) is 11.8 Å². The van der Waals surface area contributed by atoms with Crippen LogP contribution in [0, 0.1) is 11.8 Å². The summed E-state index contributed by atoms with van der Waals surface area (Å²) in [6.07, 6.45) is 0.230. The minimum atomic E-state index is -4.37. The summed E-state index contributed by atoms with van der Waals surface area (Å²) in [5.41, 5.74) is -0.735. The number of nitrogens with zero attached hydrogens (tertiary/aromatic N) is 3. The molecule has 1 aromatic rings. The monoisotopic (exact) mass is 382 g/mol. The Bertz CT molecular complexity index is 671. The molecule has 27 heavy (non-hydrogen) atoms. The van der Waals surface area contributed by atoms with Crippen molar-refractivity contribution in [3.8, 4) is 0 Å². The van der Waals surface area contributed by atoms with Gasteiger partial charge in [0.25, 0.3) is 0 Å². The minimum Gasteiger partial charge on any atom is -0.357 e. The number of halogens is 3. The molecule has 0 spiro atoms. The smallest absolute Gasteiger partial charge is 0.357 e. The van der Waals surface area contributed by atoms with Crippen molar-refractivity contribution >= 4 is 11.7 Å². The first-order chi connectivity index (χ1) is 12.9. The number of aromatic nitrogens is 1. The van der Waals surface area contributed by atoms with Crippen molar-refractivity contribution in [1.29, 1.82) is 0 Å². The Balaban J connectivity index is 1.35. The zero-order valence-electron chi connectivity index (χ0n) is 15.2. The van der Waals surface area contributed by atoms with Gasteiger partial charge >= 0.3 is 6.18 Å². The minimum absolute atomic E-state index is 0.00930. The van der Waals surface area contributed by atoms with Crippen LogP contribution in [0.15, 0.2) is 18.3 Å². The van der Waals surface area contributed by atoms with Crippen molar-refractivity contribution in [2.75, 3.05) is 37.6 Å². The molecule has 0 unspecified atom stereocenters. The number of hydrogen-bond donors (Lipinski definition) is 1. The number of amides is 1. The second-order valence-electron chi connectivity index (χ2n) is 7.82. The van der Waals surface area contributed by atoms with Crippen LogP contribution in [0.1, 0.15) is 31.2 Å². The van der Waals surface area contributed by atoms with Crippen molar-refractivity contribution in [3.63, 3.8) is 0 Å². The van der Waals surface area contributed by atoms with Gasteiger partial charge in [-0.05, 0) is 43.7 Å². The van der Waals surface area contributed by atoms with Gasteiger partial charge in [0.1, 0.15) is 5.82 Å². The molecule has 3 aliphatic heterocycles. The summed E-state index contributed by atoms with van der Waals surface area (Å²) >= 11 is 0. The van der Waals surface area contributed by atoms with Crippen LogP contribution in [0.5, 0.6) is 0 Å². The van der Waals surface area contributed by atoms with Crippen LogP contribution in [0.3, 0.4) is 0 Å². The fourth-order valence-corrected chi connectivity index (χ4v) is 4.67. The summed E-state index contributed by atoms with van der Waals surface area (Å²) in [5.74, 6) is 1.40. The van der Waals surface area contributed by atoms with Gasteiger partial charge in [0.15, 0.2) is 0 Å². The number of piperidine rings is 2. The van der Waals surface area contributed by atoms with Gasteiger partial charge in [-0.3, -0.25) is 4.79 Å². The van der Waals surface area contributed by atoms with Gasteiger partial charge < -0.3 is 15.1 Å². The normalized spacial score (nSPS) is 26.9. The second kappa shape index (κ2) is 7.30. The summed E-state index contributed by atoms with van der Waals surface area (Å²) in [5, 5.41) is 3.41. The highest BCUT2D eigenvalue weighted by atomic mass is 19.4. The van der Waals surface area contributed by atoms with E-state index in [4.69, 9.17) is 0 Å². The van der Waals surface area contributed by atoms with E-state index in [0.717, 1.165) is 51.2 Å². The Hall–Kier alpha value is -1.83. The highest BCUT2D eigenvalue weighted by Gasteiger charge is 2.40. The van der Waals surface area contributed by atoms with E-state index >= 15 is 0 Å². The number of likely N-dealkylation sites (tertiary alicyclic amines) is 1. The Morgan fingerprint density at radius 2 is 1.89 bits per heavy atom. The Labute approximate surface area is 156 Å². The average molecular weight is 382 g/mol. The van der Waals surface area contributed by atoms with Gasteiger partial charge in [-0.1, -0.05) is 0 Å². The molecular formula is C19H25F3N4O. The van der Waals surface area contributed by atoms with Crippen LogP contribution >= 0.6 is 0 Å². The molecule has 0 aromatic carbocycles. The molecule has 2 atom stereocenters. The maximum Gasteiger partial charge on any atom is 0.417 e. The largest absolute Gasteiger partial charge is 0.417 e. The van der Waals surface area contributed by atoms with Gasteiger partial charge in [-0.15, -0.1) is 0 Å². The van der Waals surface area contributed by atoms with Crippen molar-refractivity contribution < 1.29 is 18.0 Å². The van der Waals surface area contributed by atoms with Gasteiger partial charge in [0.05, 0.1) is 5.56 Å². The fraction of sp³-hybridized carbons (Fsp3) is 0.684. The molecule has 0 aliphatic carbocycles. The number of rotatable bonds is 2. The zero-order valence-corrected chi connectivity index (χ0v) is 15.2. The van der Waals surface area contributed by atoms with Crippen LogP contribution in [0.4, 0.5) is 19.0 Å². The standard InChI is InChI=1S/C19H25F3N4O/c20-19(21,22)15-3-4-17(24-11-15)25-8-5-13(6-9-25)18(27)26-7-1-2-14-10-23-12-16(14)26/h3-4,11,13-14,16,23H,1-2,5-10,12H2/t14-,16+/m0/s1. The average Bonchev–Trinajstić information content (AvgIpc) is 3.16. The molecule has 3 fully saturated rings. The van der Waals surface area contributed by atoms with Crippen molar-refractivity contribution in [3.05, 3.63) is 23.9 Å². The molecule has 8 heteroatoms. The third-order valence-corrected chi connectivity index (χ3v) is 6.20. The van der Waals surface area contributed by atoms with Crippen molar-refractivity contribution in [1.82, 2.24) is 15.2 Å². The third-order valence-electron chi connectivity index (χ3n) is 6.20. The lowest BCUT2D eigenvalue weighted by Gasteiger charge is -2.41. The number of nitrogens with one attached hydrogen (secondary N) is 1. The van der Waals surface area contributed by atoms with E-state index in [1.165, 1.54) is 12.5 Å². The Kier molecular flexibility index (Phi) is 5.01. The molecule has 0 radical (unpaired) electrons. The summed E-state index contributed by atoms with van der Waals surface area (Å²) in [4.78, 5) is 21.1. The molecule has 1 N–H and O–H groups in total. The van der Waals surface area contributed by atoms with Crippen molar-refractivity contribution in [2.24, 2.45) is 11.8 Å². The molecule has 3 saturated heterocycles. The van der Waals surface area contributed by atoms with E-state index in [1.54, 1.807) is 0 Å². The first-order valence-electron chi connectivity index (χ1n) is 9.73. The SMILES string of the molecule is O=C(C1CCN(c2ccc(C(F)(F)F)cn2)CC1)N1CCC[C@H]2CNC[C@H]21. The summed E-state index contributed by atoms with van der Waals surface area (Å²) in [6, 6.07) is 2.83. The van der Waals surface area contributed by atoms with Crippen LogP contribution in [0.25, 0.3) is 0 Å². The van der Waals surface area contributed by atoms with Crippen LogP contribution in [0.2, 0.25) is 0 Å². The van der Waals surface area contributed by atoms with E-state index in [9.17, 15) is 18.0 Å². The lowest BCUT2D eigenvalue weighted by molar-refractivity contribution is -0.140. The Morgan fingerprint density at radius 1 is 1.11 bits per heavy atom.